The number of hydrogen-bond acceptors (Lipinski definition) is 3. The average molecular weight is 165 g/mol. The zero-order valence-electron chi connectivity index (χ0n) is 5.96. The highest BCUT2D eigenvalue weighted by Gasteiger charge is 2.35. The van der Waals surface area contributed by atoms with Crippen LogP contribution < -0.4 is 0 Å². The van der Waals surface area contributed by atoms with Gasteiger partial charge in [-0.3, -0.25) is 4.79 Å². The van der Waals surface area contributed by atoms with Crippen LogP contribution in [0.5, 0.6) is 0 Å². The summed E-state index contributed by atoms with van der Waals surface area (Å²) in [6.45, 7) is 0. The minimum absolute atomic E-state index is 0.00722. The molecule has 0 aromatic rings. The van der Waals surface area contributed by atoms with Crippen LogP contribution in [0.3, 0.4) is 0 Å². The third-order valence-electron chi connectivity index (χ3n) is 2.19. The second-order valence-electron chi connectivity index (χ2n) is 2.80. The van der Waals surface area contributed by atoms with Crippen LogP contribution in [0.4, 0.5) is 0 Å². The van der Waals surface area contributed by atoms with Crippen molar-refractivity contribution in [3.05, 3.63) is 11.1 Å². The molecule has 0 radical (unpaired) electrons. The Kier molecular flexibility index (Phi) is 1.50. The second-order valence-corrected chi connectivity index (χ2v) is 3.97. The molecule has 0 amide bonds. The molecule has 2 aliphatic rings. The monoisotopic (exact) mass is 165 g/mol. The Labute approximate surface area is 69.3 Å². The molecule has 3 heteroatoms. The van der Waals surface area contributed by atoms with Gasteiger partial charge in [-0.15, -0.1) is 0 Å². The van der Waals surface area contributed by atoms with Crippen LogP contribution in [0.25, 0.3) is 0 Å². The molecular formula is C8H7NOS. The molecule has 1 saturated carbocycles. The highest BCUT2D eigenvalue weighted by atomic mass is 32.2. The van der Waals surface area contributed by atoms with Crippen molar-refractivity contribution in [1.29, 1.82) is 5.26 Å². The van der Waals surface area contributed by atoms with Gasteiger partial charge >= 0.3 is 0 Å². The quantitative estimate of drug-likeness (QED) is 0.547. The molecule has 1 fully saturated rings. The van der Waals surface area contributed by atoms with Gasteiger partial charge in [0.25, 0.3) is 0 Å². The Morgan fingerprint density at radius 3 is 3.18 bits per heavy atom. The predicted molar refractivity (Wildman–Crippen MR) is 42.9 cm³/mol. The summed E-state index contributed by atoms with van der Waals surface area (Å²) in [6, 6.07) is 1.99. The van der Waals surface area contributed by atoms with E-state index in [0.717, 1.165) is 24.8 Å². The topological polar surface area (TPSA) is 40.9 Å². The van der Waals surface area contributed by atoms with Crippen LogP contribution in [0.1, 0.15) is 19.3 Å². The summed E-state index contributed by atoms with van der Waals surface area (Å²) in [7, 11) is 0. The number of carbonyl (C=O) groups excluding carboxylic acids is 1. The summed E-state index contributed by atoms with van der Waals surface area (Å²) in [6.07, 6.45) is 3.19. The predicted octanol–water partition coefficient (Wildman–Crippen LogP) is 1.63. The van der Waals surface area contributed by atoms with Crippen LogP contribution in [0, 0.1) is 11.3 Å². The minimum Gasteiger partial charge on any atom is -0.281 e. The van der Waals surface area contributed by atoms with Gasteiger partial charge in [-0.05, 0) is 24.8 Å². The SMILES string of the molecule is N#CC1=C2CCC[C@@H]2SC1=O. The van der Waals surface area contributed by atoms with E-state index in [0.29, 0.717) is 10.8 Å². The van der Waals surface area contributed by atoms with Gasteiger partial charge in [0.1, 0.15) is 11.6 Å². The van der Waals surface area contributed by atoms with E-state index in [2.05, 4.69) is 0 Å². The zero-order chi connectivity index (χ0) is 7.84. The fourth-order valence-corrected chi connectivity index (χ4v) is 2.88. The molecule has 0 unspecified atom stereocenters. The van der Waals surface area contributed by atoms with Gasteiger partial charge < -0.3 is 0 Å². The van der Waals surface area contributed by atoms with Crippen molar-refractivity contribution in [2.45, 2.75) is 24.5 Å². The molecule has 0 spiro atoms. The highest BCUT2D eigenvalue weighted by molar-refractivity contribution is 8.15. The molecule has 1 aliphatic carbocycles. The summed E-state index contributed by atoms with van der Waals surface area (Å²) < 4.78 is 0. The lowest BCUT2D eigenvalue weighted by Gasteiger charge is -1.96. The number of fused-ring (bicyclic) bond motifs is 1. The van der Waals surface area contributed by atoms with Crippen LogP contribution in [0.15, 0.2) is 11.1 Å². The fourth-order valence-electron chi connectivity index (χ4n) is 1.67. The number of nitrogens with zero attached hydrogens (tertiary/aromatic N) is 1. The molecule has 0 saturated heterocycles. The molecule has 0 bridgehead atoms. The Hall–Kier alpha value is -0.750. The van der Waals surface area contributed by atoms with Crippen molar-refractivity contribution in [3.8, 4) is 6.07 Å². The van der Waals surface area contributed by atoms with Crippen molar-refractivity contribution < 1.29 is 4.79 Å². The Morgan fingerprint density at radius 2 is 2.45 bits per heavy atom. The third-order valence-corrected chi connectivity index (χ3v) is 3.41. The third kappa shape index (κ3) is 0.899. The molecule has 1 aliphatic heterocycles. The molecule has 1 atom stereocenters. The van der Waals surface area contributed by atoms with Crippen molar-refractivity contribution in [3.63, 3.8) is 0 Å². The van der Waals surface area contributed by atoms with Gasteiger partial charge in [-0.2, -0.15) is 5.26 Å². The molecule has 1 heterocycles. The van der Waals surface area contributed by atoms with E-state index < -0.39 is 0 Å². The second kappa shape index (κ2) is 2.38. The van der Waals surface area contributed by atoms with Gasteiger partial charge in [-0.1, -0.05) is 11.8 Å². The van der Waals surface area contributed by atoms with E-state index in [9.17, 15) is 4.79 Å². The Balaban J connectivity index is 2.43. The molecule has 11 heavy (non-hydrogen) atoms. The van der Waals surface area contributed by atoms with Crippen molar-refractivity contribution in [1.82, 2.24) is 0 Å². The number of nitriles is 1. The summed E-state index contributed by atoms with van der Waals surface area (Å²) in [5, 5.41) is 8.99. The zero-order valence-corrected chi connectivity index (χ0v) is 6.78. The van der Waals surface area contributed by atoms with Gasteiger partial charge in [0.2, 0.25) is 5.12 Å². The molecule has 2 nitrogen and oxygen atoms in total. The molecule has 0 N–H and O–H groups in total. The molecule has 56 valence electrons. The molecule has 2 rings (SSSR count). The minimum atomic E-state index is -0.00722. The van der Waals surface area contributed by atoms with Crippen molar-refractivity contribution in [2.75, 3.05) is 0 Å². The lowest BCUT2D eigenvalue weighted by Crippen LogP contribution is -1.91. The number of carbonyl (C=O) groups is 1. The van der Waals surface area contributed by atoms with Crippen LogP contribution in [0.2, 0.25) is 0 Å². The first-order chi connectivity index (χ1) is 5.33. The lowest BCUT2D eigenvalue weighted by molar-refractivity contribution is -0.107. The maximum Gasteiger partial charge on any atom is 0.230 e. The first kappa shape index (κ1) is 6.93. The maximum atomic E-state index is 11.1. The van der Waals surface area contributed by atoms with Gasteiger partial charge in [0.05, 0.1) is 0 Å². The van der Waals surface area contributed by atoms with E-state index in [1.165, 1.54) is 11.8 Å². The van der Waals surface area contributed by atoms with E-state index in [4.69, 9.17) is 5.26 Å². The van der Waals surface area contributed by atoms with E-state index in [1.807, 2.05) is 6.07 Å². The lowest BCUT2D eigenvalue weighted by atomic mass is 10.1. The molecule has 0 aromatic carbocycles. The normalized spacial score (nSPS) is 29.0. The smallest absolute Gasteiger partial charge is 0.230 e. The van der Waals surface area contributed by atoms with E-state index >= 15 is 0 Å². The fraction of sp³-hybridized carbons (Fsp3) is 0.500. The Morgan fingerprint density at radius 1 is 1.64 bits per heavy atom. The molecule has 0 aromatic heterocycles. The van der Waals surface area contributed by atoms with E-state index in [1.54, 1.807) is 0 Å². The summed E-state index contributed by atoms with van der Waals surface area (Å²) in [5.74, 6) is 0. The van der Waals surface area contributed by atoms with Crippen molar-refractivity contribution in [2.24, 2.45) is 0 Å². The summed E-state index contributed by atoms with van der Waals surface area (Å²) >= 11 is 1.33. The van der Waals surface area contributed by atoms with Crippen molar-refractivity contribution >= 4 is 16.9 Å². The Bertz CT molecular complexity index is 287. The first-order valence-corrected chi connectivity index (χ1v) is 4.55. The van der Waals surface area contributed by atoms with Crippen LogP contribution in [-0.2, 0) is 4.79 Å². The van der Waals surface area contributed by atoms with Crippen LogP contribution in [-0.4, -0.2) is 10.4 Å². The number of hydrogen-bond donors (Lipinski definition) is 0. The largest absolute Gasteiger partial charge is 0.281 e. The summed E-state index contributed by atoms with van der Waals surface area (Å²) in [5.41, 5.74) is 1.56. The van der Waals surface area contributed by atoms with E-state index in [-0.39, 0.29) is 5.12 Å². The first-order valence-electron chi connectivity index (χ1n) is 3.67. The number of rotatable bonds is 0. The van der Waals surface area contributed by atoms with Gasteiger partial charge in [0.15, 0.2) is 0 Å². The van der Waals surface area contributed by atoms with Crippen LogP contribution >= 0.6 is 11.8 Å². The highest BCUT2D eigenvalue weighted by Crippen LogP contribution is 2.43. The van der Waals surface area contributed by atoms with Gasteiger partial charge in [0, 0.05) is 5.25 Å². The maximum absolute atomic E-state index is 11.1. The standard InChI is InChI=1S/C8H7NOS/c9-4-6-5-2-1-3-7(5)11-8(6)10/h7H,1-3H2/t7-/m0/s1. The average Bonchev–Trinajstić information content (AvgIpc) is 2.46. The molecular weight excluding hydrogens is 158 g/mol. The van der Waals surface area contributed by atoms with Gasteiger partial charge in [-0.25, -0.2) is 0 Å². The summed E-state index contributed by atoms with van der Waals surface area (Å²) in [4.78, 5) is 11.1. The number of thioether (sulfide) groups is 1.